The van der Waals surface area contributed by atoms with Gasteiger partial charge in [0.05, 0.1) is 0 Å². The summed E-state index contributed by atoms with van der Waals surface area (Å²) in [6, 6.07) is 0. The molecule has 0 heterocycles. The van der Waals surface area contributed by atoms with Gasteiger partial charge in [0.2, 0.25) is 0 Å². The van der Waals surface area contributed by atoms with Crippen LogP contribution in [0.15, 0.2) is 0 Å². The van der Waals surface area contributed by atoms with Crippen LogP contribution in [0.4, 0.5) is 0 Å². The van der Waals surface area contributed by atoms with E-state index in [9.17, 15) is 14.4 Å². The van der Waals surface area contributed by atoms with E-state index in [0.717, 1.165) is 23.5 Å². The Bertz CT molecular complexity index is 239. The smallest absolute Gasteiger partial charge is 0.317 e. The first-order chi connectivity index (χ1) is 6.43. The van der Waals surface area contributed by atoms with Crippen molar-refractivity contribution in [1.82, 2.24) is 0 Å². The maximum absolute atomic E-state index is 10.7. The Kier molecular flexibility index (Phi) is 6.65. The van der Waals surface area contributed by atoms with Crippen LogP contribution in [0.25, 0.3) is 0 Å². The Morgan fingerprint density at radius 1 is 1.21 bits per heavy atom. The Labute approximate surface area is 90.8 Å². The van der Waals surface area contributed by atoms with Gasteiger partial charge in [-0.1, -0.05) is 23.5 Å². The van der Waals surface area contributed by atoms with E-state index >= 15 is 0 Å². The highest BCUT2D eigenvalue weighted by Crippen LogP contribution is 2.18. The van der Waals surface area contributed by atoms with Gasteiger partial charge in [-0.05, 0) is 6.42 Å². The topological polar surface area (TPSA) is 71.4 Å². The predicted octanol–water partition coefficient (Wildman–Crippen LogP) is 1.39. The van der Waals surface area contributed by atoms with E-state index in [1.807, 2.05) is 0 Å². The minimum atomic E-state index is -1.01. The first-order valence-electron chi connectivity index (χ1n) is 3.97. The van der Waals surface area contributed by atoms with Crippen LogP contribution in [0.3, 0.4) is 0 Å². The molecule has 0 fully saturated rings. The molecule has 0 aliphatic rings. The zero-order valence-corrected chi connectivity index (χ0v) is 9.61. The van der Waals surface area contributed by atoms with Crippen LogP contribution in [0.2, 0.25) is 0 Å². The molecular weight excluding hydrogens is 224 g/mol. The minimum absolute atomic E-state index is 0.0398. The quantitative estimate of drug-likeness (QED) is 0.777. The zero-order chi connectivity index (χ0) is 11.1. The fourth-order valence-corrected chi connectivity index (χ4v) is 2.27. The Morgan fingerprint density at radius 2 is 1.79 bits per heavy atom. The summed E-state index contributed by atoms with van der Waals surface area (Å²) in [5.41, 5.74) is 0. The molecule has 0 saturated heterocycles. The molecule has 6 heteroatoms. The second-order valence-corrected chi connectivity index (χ2v) is 5.22. The van der Waals surface area contributed by atoms with Crippen molar-refractivity contribution in [2.45, 2.75) is 25.5 Å². The van der Waals surface area contributed by atoms with Gasteiger partial charge in [0.15, 0.2) is 10.2 Å². The molecule has 0 rings (SSSR count). The summed E-state index contributed by atoms with van der Waals surface area (Å²) < 4.78 is 0. The second kappa shape index (κ2) is 6.89. The summed E-state index contributed by atoms with van der Waals surface area (Å²) in [7, 11) is 0. The molecule has 1 N–H and O–H groups in total. The maximum atomic E-state index is 10.7. The number of rotatable bonds is 5. The van der Waals surface area contributed by atoms with Crippen LogP contribution >= 0.6 is 23.5 Å². The lowest BCUT2D eigenvalue weighted by Gasteiger charge is -2.08. The first-order valence-corrected chi connectivity index (χ1v) is 5.83. The van der Waals surface area contributed by atoms with Crippen molar-refractivity contribution < 1.29 is 19.5 Å². The maximum Gasteiger partial charge on any atom is 0.317 e. The number of hydrogen-bond donors (Lipinski definition) is 1. The van der Waals surface area contributed by atoms with E-state index in [0.29, 0.717) is 12.2 Å². The van der Waals surface area contributed by atoms with Gasteiger partial charge in [0.25, 0.3) is 0 Å². The van der Waals surface area contributed by atoms with Crippen LogP contribution in [-0.2, 0) is 14.4 Å². The number of carbonyl (C=O) groups is 3. The number of thioether (sulfide) groups is 2. The molecule has 0 aliphatic carbocycles. The molecule has 1 atom stereocenters. The third kappa shape index (κ3) is 6.97. The van der Waals surface area contributed by atoms with Crippen molar-refractivity contribution in [2.75, 3.05) is 5.75 Å². The van der Waals surface area contributed by atoms with Crippen LogP contribution in [0.5, 0.6) is 0 Å². The summed E-state index contributed by atoms with van der Waals surface area (Å²) in [6.45, 7) is 2.76. The monoisotopic (exact) mass is 236 g/mol. The molecule has 14 heavy (non-hydrogen) atoms. The van der Waals surface area contributed by atoms with E-state index in [1.165, 1.54) is 13.8 Å². The lowest BCUT2D eigenvalue weighted by atomic mass is 10.3. The lowest BCUT2D eigenvalue weighted by Crippen LogP contribution is -2.18. The molecule has 0 aromatic rings. The van der Waals surface area contributed by atoms with Crippen molar-refractivity contribution in [1.29, 1.82) is 0 Å². The molecule has 0 aliphatic heterocycles. The summed E-state index contributed by atoms with van der Waals surface area (Å²) in [4.78, 5) is 31.9. The summed E-state index contributed by atoms with van der Waals surface area (Å²) in [5.74, 6) is -0.568. The standard InChI is InChI=1S/C8H12O4S2/c1-5(9)13-4-3-7(8(11)12)14-6(2)10/h7H,3-4H2,1-2H3,(H,11,12)/t7-/m0/s1. The van der Waals surface area contributed by atoms with Gasteiger partial charge in [-0.15, -0.1) is 0 Å². The van der Waals surface area contributed by atoms with Gasteiger partial charge in [-0.2, -0.15) is 0 Å². The highest BCUT2D eigenvalue weighted by atomic mass is 32.2. The van der Waals surface area contributed by atoms with Gasteiger partial charge in [0, 0.05) is 19.6 Å². The van der Waals surface area contributed by atoms with E-state index in [2.05, 4.69) is 0 Å². The average molecular weight is 236 g/mol. The van der Waals surface area contributed by atoms with Crippen molar-refractivity contribution in [3.8, 4) is 0 Å². The van der Waals surface area contributed by atoms with Gasteiger partial charge in [-0.25, -0.2) is 0 Å². The van der Waals surface area contributed by atoms with Gasteiger partial charge < -0.3 is 5.11 Å². The van der Waals surface area contributed by atoms with Gasteiger partial charge in [0.1, 0.15) is 5.25 Å². The molecule has 0 spiro atoms. The minimum Gasteiger partial charge on any atom is -0.480 e. The van der Waals surface area contributed by atoms with Gasteiger partial charge >= 0.3 is 5.97 Å². The Morgan fingerprint density at radius 3 is 2.14 bits per heavy atom. The molecule has 0 bridgehead atoms. The fourth-order valence-electron chi connectivity index (χ4n) is 0.743. The molecule has 0 aromatic heterocycles. The zero-order valence-electron chi connectivity index (χ0n) is 7.98. The average Bonchev–Trinajstić information content (AvgIpc) is 2.00. The van der Waals surface area contributed by atoms with Crippen molar-refractivity contribution in [2.24, 2.45) is 0 Å². The summed E-state index contributed by atoms with van der Waals surface area (Å²) in [6.07, 6.45) is 0.323. The van der Waals surface area contributed by atoms with Crippen molar-refractivity contribution >= 4 is 39.7 Å². The van der Waals surface area contributed by atoms with E-state index in [1.54, 1.807) is 0 Å². The largest absolute Gasteiger partial charge is 0.480 e. The number of carbonyl (C=O) groups excluding carboxylic acids is 2. The predicted molar refractivity (Wildman–Crippen MR) is 57.5 cm³/mol. The second-order valence-electron chi connectivity index (χ2n) is 2.57. The van der Waals surface area contributed by atoms with E-state index < -0.39 is 11.2 Å². The Hall–Kier alpha value is -0.490. The number of carboxylic acids is 1. The normalized spacial score (nSPS) is 12.1. The summed E-state index contributed by atoms with van der Waals surface area (Å²) in [5, 5.41) is 7.73. The molecule has 0 unspecified atom stereocenters. The Balaban J connectivity index is 3.91. The SMILES string of the molecule is CC(=O)SCC[C@H](SC(C)=O)C(=O)O. The third-order valence-corrected chi connectivity index (χ3v) is 3.17. The lowest BCUT2D eigenvalue weighted by molar-refractivity contribution is -0.136. The van der Waals surface area contributed by atoms with Crippen molar-refractivity contribution in [3.63, 3.8) is 0 Å². The van der Waals surface area contributed by atoms with E-state index in [4.69, 9.17) is 5.11 Å². The molecule has 4 nitrogen and oxygen atoms in total. The first kappa shape index (κ1) is 13.5. The van der Waals surface area contributed by atoms with Crippen molar-refractivity contribution in [3.05, 3.63) is 0 Å². The highest BCUT2D eigenvalue weighted by molar-refractivity contribution is 8.15. The van der Waals surface area contributed by atoms with E-state index in [-0.39, 0.29) is 10.2 Å². The number of aliphatic carboxylic acids is 1. The third-order valence-electron chi connectivity index (χ3n) is 1.27. The highest BCUT2D eigenvalue weighted by Gasteiger charge is 2.19. The van der Waals surface area contributed by atoms with Crippen LogP contribution in [0.1, 0.15) is 20.3 Å². The molecule has 0 saturated carbocycles. The molecule has 80 valence electrons. The molecular formula is C8H12O4S2. The van der Waals surface area contributed by atoms with Crippen LogP contribution < -0.4 is 0 Å². The van der Waals surface area contributed by atoms with Crippen LogP contribution in [0, 0.1) is 0 Å². The number of hydrogen-bond acceptors (Lipinski definition) is 5. The summed E-state index contributed by atoms with van der Waals surface area (Å²) >= 11 is 1.87. The molecule has 0 amide bonds. The molecule has 0 radical (unpaired) electrons. The number of carboxylic acid groups (broad SMARTS) is 1. The van der Waals surface area contributed by atoms with Gasteiger partial charge in [-0.3, -0.25) is 14.4 Å². The van der Waals surface area contributed by atoms with Crippen LogP contribution in [-0.4, -0.2) is 32.3 Å². The fraction of sp³-hybridized carbons (Fsp3) is 0.625. The molecule has 0 aromatic carbocycles.